The number of hydrogen-bond donors (Lipinski definition) is 1. The van der Waals surface area contributed by atoms with Gasteiger partial charge in [0.2, 0.25) is 0 Å². The van der Waals surface area contributed by atoms with Gasteiger partial charge in [0.25, 0.3) is 5.91 Å². The van der Waals surface area contributed by atoms with E-state index in [2.05, 4.69) is 21.2 Å². The van der Waals surface area contributed by atoms with Crippen molar-refractivity contribution in [3.8, 4) is 0 Å². The molecule has 1 aromatic rings. The third-order valence-electron chi connectivity index (χ3n) is 3.79. The molecule has 0 radical (unpaired) electrons. The average Bonchev–Trinajstić information content (AvgIpc) is 2.50. The van der Waals surface area contributed by atoms with Crippen LogP contribution in [0.25, 0.3) is 0 Å². The van der Waals surface area contributed by atoms with Gasteiger partial charge in [-0.2, -0.15) is 0 Å². The van der Waals surface area contributed by atoms with Gasteiger partial charge in [0.1, 0.15) is 0 Å². The molecular formula is C15H17BrClNO3. The average molecular weight is 375 g/mol. The maximum absolute atomic E-state index is 12.2. The summed E-state index contributed by atoms with van der Waals surface area (Å²) < 4.78 is 5.46. The molecule has 0 bridgehead atoms. The van der Waals surface area contributed by atoms with E-state index in [1.54, 1.807) is 18.2 Å². The Bertz CT molecular complexity index is 542. The minimum atomic E-state index is -0.178. The number of amides is 1. The molecule has 6 heteroatoms. The Labute approximate surface area is 137 Å². The Kier molecular flexibility index (Phi) is 5.65. The number of benzene rings is 1. The Hall–Kier alpha value is -1.07. The van der Waals surface area contributed by atoms with E-state index in [-0.39, 0.29) is 23.8 Å². The first kappa shape index (κ1) is 16.3. The van der Waals surface area contributed by atoms with Crippen LogP contribution in [0.3, 0.4) is 0 Å². The predicted molar refractivity (Wildman–Crippen MR) is 84.4 cm³/mol. The molecule has 1 aliphatic carbocycles. The van der Waals surface area contributed by atoms with Crippen LogP contribution in [0.5, 0.6) is 0 Å². The van der Waals surface area contributed by atoms with E-state index >= 15 is 0 Å². The van der Waals surface area contributed by atoms with Crippen LogP contribution in [0.2, 0.25) is 5.02 Å². The molecular weight excluding hydrogens is 358 g/mol. The van der Waals surface area contributed by atoms with Gasteiger partial charge in [0.15, 0.2) is 0 Å². The van der Waals surface area contributed by atoms with Crippen molar-refractivity contribution >= 4 is 39.4 Å². The number of carbonyl (C=O) groups is 2. The summed E-state index contributed by atoms with van der Waals surface area (Å²) in [5.74, 6) is -0.379. The lowest BCUT2D eigenvalue weighted by Gasteiger charge is -2.27. The summed E-state index contributed by atoms with van der Waals surface area (Å²) in [4.78, 5) is 23.7. The number of methoxy groups -OCH3 is 1. The third-order valence-corrected chi connectivity index (χ3v) is 5.09. The van der Waals surface area contributed by atoms with Crippen LogP contribution in [0.1, 0.15) is 36.0 Å². The second kappa shape index (κ2) is 7.27. The summed E-state index contributed by atoms with van der Waals surface area (Å²) in [6.45, 7) is 0. The van der Waals surface area contributed by atoms with Crippen LogP contribution in [-0.4, -0.2) is 25.0 Å². The van der Waals surface area contributed by atoms with Crippen molar-refractivity contribution < 1.29 is 14.3 Å². The molecule has 1 amide bonds. The zero-order valence-corrected chi connectivity index (χ0v) is 14.0. The number of carbonyl (C=O) groups excluding carboxylic acids is 2. The second-order valence-corrected chi connectivity index (χ2v) is 6.38. The van der Waals surface area contributed by atoms with Crippen LogP contribution in [-0.2, 0) is 9.53 Å². The summed E-state index contributed by atoms with van der Waals surface area (Å²) in [6.07, 6.45) is 3.03. The van der Waals surface area contributed by atoms with Gasteiger partial charge in [-0.1, -0.05) is 17.7 Å². The van der Waals surface area contributed by atoms with Crippen molar-refractivity contribution in [3.05, 3.63) is 33.3 Å². The Balaban J connectivity index is 1.93. The lowest BCUT2D eigenvalue weighted by Crippen LogP contribution is -2.39. The monoisotopic (exact) mass is 373 g/mol. The quantitative estimate of drug-likeness (QED) is 0.823. The molecule has 0 saturated heterocycles. The summed E-state index contributed by atoms with van der Waals surface area (Å²) in [5, 5.41) is 3.40. The number of halogens is 2. The molecule has 21 heavy (non-hydrogen) atoms. The fraction of sp³-hybridized carbons (Fsp3) is 0.467. The molecule has 1 aliphatic rings. The van der Waals surface area contributed by atoms with Gasteiger partial charge in [-0.25, -0.2) is 0 Å². The molecule has 0 unspecified atom stereocenters. The molecule has 1 N–H and O–H groups in total. The first-order valence-corrected chi connectivity index (χ1v) is 8.02. The van der Waals surface area contributed by atoms with Gasteiger partial charge in [-0.15, -0.1) is 0 Å². The minimum Gasteiger partial charge on any atom is -0.469 e. The molecule has 2 rings (SSSR count). The first-order valence-electron chi connectivity index (χ1n) is 6.85. The fourth-order valence-corrected chi connectivity index (χ4v) is 3.16. The Morgan fingerprint density at radius 2 is 1.95 bits per heavy atom. The standard InChI is InChI=1S/C15H17BrClNO3/c1-21-15(20)9-5-7-10(8-6-9)18-14(19)11-3-2-4-12(16)13(11)17/h2-4,9-10H,5-8H2,1H3,(H,18,19). The van der Waals surface area contributed by atoms with Gasteiger partial charge in [0.05, 0.1) is 23.6 Å². The molecule has 1 saturated carbocycles. The van der Waals surface area contributed by atoms with E-state index in [1.165, 1.54) is 7.11 Å². The van der Waals surface area contributed by atoms with E-state index in [0.29, 0.717) is 15.1 Å². The molecule has 0 atom stereocenters. The normalized spacial score (nSPS) is 21.7. The highest BCUT2D eigenvalue weighted by Gasteiger charge is 2.28. The second-order valence-electron chi connectivity index (χ2n) is 5.15. The van der Waals surface area contributed by atoms with Crippen molar-refractivity contribution in [3.63, 3.8) is 0 Å². The first-order chi connectivity index (χ1) is 10.0. The van der Waals surface area contributed by atoms with Crippen LogP contribution in [0.4, 0.5) is 0 Å². The van der Waals surface area contributed by atoms with Crippen molar-refractivity contribution in [2.75, 3.05) is 7.11 Å². The van der Waals surface area contributed by atoms with E-state index in [9.17, 15) is 9.59 Å². The van der Waals surface area contributed by atoms with E-state index in [4.69, 9.17) is 16.3 Å². The van der Waals surface area contributed by atoms with Crippen LogP contribution >= 0.6 is 27.5 Å². The van der Waals surface area contributed by atoms with Gasteiger partial charge in [-0.3, -0.25) is 9.59 Å². The summed E-state index contributed by atoms with van der Waals surface area (Å²) in [5.41, 5.74) is 0.459. The molecule has 0 heterocycles. The highest BCUT2D eigenvalue weighted by atomic mass is 79.9. The zero-order chi connectivity index (χ0) is 15.4. The van der Waals surface area contributed by atoms with Crippen molar-refractivity contribution in [2.45, 2.75) is 31.7 Å². The minimum absolute atomic E-state index is 0.0439. The maximum Gasteiger partial charge on any atom is 0.308 e. The lowest BCUT2D eigenvalue weighted by atomic mass is 9.86. The predicted octanol–water partition coefficient (Wildman–Crippen LogP) is 3.56. The molecule has 4 nitrogen and oxygen atoms in total. The largest absolute Gasteiger partial charge is 0.469 e. The summed E-state index contributed by atoms with van der Waals surface area (Å²) in [7, 11) is 1.41. The highest BCUT2D eigenvalue weighted by molar-refractivity contribution is 9.10. The van der Waals surface area contributed by atoms with Gasteiger partial charge < -0.3 is 10.1 Å². The number of hydrogen-bond acceptors (Lipinski definition) is 3. The highest BCUT2D eigenvalue weighted by Crippen LogP contribution is 2.28. The maximum atomic E-state index is 12.2. The van der Waals surface area contributed by atoms with E-state index < -0.39 is 0 Å². The number of ether oxygens (including phenoxy) is 1. The van der Waals surface area contributed by atoms with Gasteiger partial charge in [-0.05, 0) is 53.7 Å². The van der Waals surface area contributed by atoms with Crippen LogP contribution < -0.4 is 5.32 Å². The zero-order valence-electron chi connectivity index (χ0n) is 11.7. The van der Waals surface area contributed by atoms with Crippen molar-refractivity contribution in [1.82, 2.24) is 5.32 Å². The Morgan fingerprint density at radius 1 is 1.29 bits per heavy atom. The SMILES string of the molecule is COC(=O)C1CCC(NC(=O)c2cccc(Br)c2Cl)CC1. The summed E-state index contributed by atoms with van der Waals surface area (Å²) in [6, 6.07) is 5.34. The smallest absolute Gasteiger partial charge is 0.308 e. The van der Waals surface area contributed by atoms with Crippen molar-refractivity contribution in [2.24, 2.45) is 5.92 Å². The van der Waals surface area contributed by atoms with Gasteiger partial charge in [0, 0.05) is 10.5 Å². The van der Waals surface area contributed by atoms with Gasteiger partial charge >= 0.3 is 5.97 Å². The molecule has 0 spiro atoms. The van der Waals surface area contributed by atoms with E-state index in [1.807, 2.05) is 0 Å². The molecule has 1 fully saturated rings. The topological polar surface area (TPSA) is 55.4 Å². The third kappa shape index (κ3) is 3.98. The lowest BCUT2D eigenvalue weighted by molar-refractivity contribution is -0.146. The molecule has 0 aliphatic heterocycles. The number of rotatable bonds is 3. The summed E-state index contributed by atoms with van der Waals surface area (Å²) >= 11 is 9.43. The number of nitrogens with one attached hydrogen (secondary N) is 1. The van der Waals surface area contributed by atoms with E-state index in [0.717, 1.165) is 25.7 Å². The molecule has 0 aromatic heterocycles. The van der Waals surface area contributed by atoms with Crippen LogP contribution in [0, 0.1) is 5.92 Å². The molecule has 114 valence electrons. The van der Waals surface area contributed by atoms with Crippen molar-refractivity contribution in [1.29, 1.82) is 0 Å². The Morgan fingerprint density at radius 3 is 2.57 bits per heavy atom. The number of esters is 1. The molecule has 1 aromatic carbocycles. The van der Waals surface area contributed by atoms with Crippen LogP contribution in [0.15, 0.2) is 22.7 Å². The fourth-order valence-electron chi connectivity index (χ4n) is 2.58.